The highest BCUT2D eigenvalue weighted by Crippen LogP contribution is 2.38. The number of nitrogens with two attached hydrogens (primary N) is 1. The normalized spacial score (nSPS) is 12.5. The summed E-state index contributed by atoms with van der Waals surface area (Å²) in [6.45, 7) is 13.1. The van der Waals surface area contributed by atoms with Crippen molar-refractivity contribution in [3.8, 4) is 0 Å². The Balaban J connectivity index is 2.14. The molecule has 2 amide bonds. The molecule has 0 saturated heterocycles. The fraction of sp³-hybridized carbons (Fsp3) is 0.370. The van der Waals surface area contributed by atoms with Crippen LogP contribution in [0, 0.1) is 0 Å². The van der Waals surface area contributed by atoms with Gasteiger partial charge in [0.25, 0.3) is 0 Å². The van der Waals surface area contributed by atoms with E-state index in [1.54, 1.807) is 4.90 Å². The molecule has 0 bridgehead atoms. The summed E-state index contributed by atoms with van der Waals surface area (Å²) in [6, 6.07) is 14.3. The summed E-state index contributed by atoms with van der Waals surface area (Å²) < 4.78 is 2.15. The van der Waals surface area contributed by atoms with Crippen LogP contribution in [0.25, 0.3) is 10.9 Å². The Hall–Kier alpha value is -3.01. The second-order valence-electron chi connectivity index (χ2n) is 8.98. The Morgan fingerprint density at radius 1 is 1.03 bits per heavy atom. The van der Waals surface area contributed by atoms with Crippen LogP contribution in [0.15, 0.2) is 61.3 Å². The smallest absolute Gasteiger partial charge is 0.319 e. The van der Waals surface area contributed by atoms with E-state index in [1.807, 2.05) is 6.08 Å². The van der Waals surface area contributed by atoms with Gasteiger partial charge in [0.2, 0.25) is 0 Å². The van der Waals surface area contributed by atoms with Crippen LogP contribution in [-0.4, -0.2) is 17.1 Å². The maximum Gasteiger partial charge on any atom is 0.319 e. The van der Waals surface area contributed by atoms with Crippen LogP contribution in [0.4, 0.5) is 10.5 Å². The molecule has 2 aromatic carbocycles. The number of rotatable bonds is 8. The topological polar surface area (TPSA) is 51.3 Å². The lowest BCUT2D eigenvalue weighted by Crippen LogP contribution is -2.40. The maximum absolute atomic E-state index is 12.8. The summed E-state index contributed by atoms with van der Waals surface area (Å²) in [5.41, 5.74) is 11.7. The van der Waals surface area contributed by atoms with Crippen LogP contribution in [0.1, 0.15) is 68.6 Å². The number of benzene rings is 2. The number of aromatic nitrogens is 1. The zero-order valence-electron chi connectivity index (χ0n) is 19.4. The molecule has 164 valence electrons. The molecular formula is C27H35N3O. The third kappa shape index (κ3) is 4.53. The second-order valence-corrected chi connectivity index (χ2v) is 8.98. The molecule has 3 aromatic rings. The summed E-state index contributed by atoms with van der Waals surface area (Å²) in [4.78, 5) is 14.6. The molecule has 1 atom stereocenters. The third-order valence-electron chi connectivity index (χ3n) is 6.10. The number of para-hydroxylation sites is 2. The summed E-state index contributed by atoms with van der Waals surface area (Å²) >= 11 is 0. The summed E-state index contributed by atoms with van der Waals surface area (Å²) in [6.07, 6.45) is 4.87. The number of carbonyl (C=O) groups is 1. The van der Waals surface area contributed by atoms with Gasteiger partial charge >= 0.3 is 6.03 Å². The number of urea groups is 1. The predicted octanol–water partition coefficient (Wildman–Crippen LogP) is 6.67. The number of allylic oxidation sites excluding steroid dienone is 1. The molecule has 4 nitrogen and oxygen atoms in total. The highest BCUT2D eigenvalue weighted by molar-refractivity contribution is 5.93. The van der Waals surface area contributed by atoms with Crippen LogP contribution < -0.4 is 10.6 Å². The van der Waals surface area contributed by atoms with E-state index in [0.717, 1.165) is 23.2 Å². The molecule has 0 radical (unpaired) electrons. The van der Waals surface area contributed by atoms with E-state index >= 15 is 0 Å². The van der Waals surface area contributed by atoms with Crippen molar-refractivity contribution >= 4 is 22.6 Å². The average Bonchev–Trinajstić information content (AvgIpc) is 3.07. The molecule has 1 heterocycles. The van der Waals surface area contributed by atoms with Gasteiger partial charge in [0.05, 0.1) is 5.69 Å². The fourth-order valence-corrected chi connectivity index (χ4v) is 4.53. The lowest BCUT2D eigenvalue weighted by Gasteiger charge is -2.31. The SMILES string of the molecule is C=CCC(CN(C(N)=O)c1c(C(C)C)cccc1C(C)C)c1cn(C)c2ccccc12. The summed E-state index contributed by atoms with van der Waals surface area (Å²) in [5, 5.41) is 1.21. The molecule has 0 aliphatic rings. The van der Waals surface area contributed by atoms with Crippen LogP contribution >= 0.6 is 0 Å². The molecule has 31 heavy (non-hydrogen) atoms. The standard InChI is InChI=1S/C27H35N3O/c1-7-11-20(24-17-29(6)25-15-9-8-12-23(24)25)16-30(27(28)31)26-21(18(2)3)13-10-14-22(26)19(4)5/h7-10,12-15,17-20H,1,11,16H2,2-6H3,(H2,28,31). The molecule has 3 rings (SSSR count). The minimum Gasteiger partial charge on any atom is -0.351 e. The zero-order chi connectivity index (χ0) is 22.7. The highest BCUT2D eigenvalue weighted by Gasteiger charge is 2.27. The molecule has 4 heteroatoms. The summed E-state index contributed by atoms with van der Waals surface area (Å²) in [7, 11) is 2.06. The van der Waals surface area contributed by atoms with Crippen molar-refractivity contribution in [3.63, 3.8) is 0 Å². The van der Waals surface area contributed by atoms with E-state index in [2.05, 4.69) is 94.6 Å². The number of aryl methyl sites for hydroxylation is 1. The van der Waals surface area contributed by atoms with Gasteiger partial charge in [0.15, 0.2) is 0 Å². The largest absolute Gasteiger partial charge is 0.351 e. The fourth-order valence-electron chi connectivity index (χ4n) is 4.53. The van der Waals surface area contributed by atoms with Gasteiger partial charge in [-0.05, 0) is 41.0 Å². The van der Waals surface area contributed by atoms with Gasteiger partial charge < -0.3 is 10.3 Å². The Morgan fingerprint density at radius 3 is 2.19 bits per heavy atom. The van der Waals surface area contributed by atoms with Gasteiger partial charge in [-0.1, -0.05) is 70.2 Å². The van der Waals surface area contributed by atoms with Crippen molar-refractivity contribution in [3.05, 3.63) is 78.0 Å². The van der Waals surface area contributed by atoms with Gasteiger partial charge in [-0.3, -0.25) is 4.90 Å². The first kappa shape index (κ1) is 22.7. The van der Waals surface area contributed by atoms with Crippen molar-refractivity contribution in [2.24, 2.45) is 12.8 Å². The number of nitrogens with zero attached hydrogens (tertiary/aromatic N) is 2. The molecule has 0 aliphatic heterocycles. The van der Waals surface area contributed by atoms with Crippen molar-refractivity contribution in [2.75, 3.05) is 11.4 Å². The number of hydrogen-bond donors (Lipinski definition) is 1. The van der Waals surface area contributed by atoms with Crippen molar-refractivity contribution in [2.45, 2.75) is 51.9 Å². The van der Waals surface area contributed by atoms with E-state index in [1.165, 1.54) is 16.5 Å². The van der Waals surface area contributed by atoms with Crippen LogP contribution in [0.2, 0.25) is 0 Å². The molecule has 1 aromatic heterocycles. The van der Waals surface area contributed by atoms with Crippen molar-refractivity contribution < 1.29 is 4.79 Å². The van der Waals surface area contributed by atoms with Crippen molar-refractivity contribution in [1.29, 1.82) is 0 Å². The monoisotopic (exact) mass is 417 g/mol. The number of fused-ring (bicyclic) bond motifs is 1. The van der Waals surface area contributed by atoms with E-state index < -0.39 is 6.03 Å². The quantitative estimate of drug-likeness (QED) is 0.409. The lowest BCUT2D eigenvalue weighted by molar-refractivity contribution is 0.253. The van der Waals surface area contributed by atoms with Crippen molar-refractivity contribution in [1.82, 2.24) is 4.57 Å². The van der Waals surface area contributed by atoms with E-state index in [-0.39, 0.29) is 17.8 Å². The Bertz CT molecular complexity index is 1050. The highest BCUT2D eigenvalue weighted by atomic mass is 16.2. The first-order chi connectivity index (χ1) is 14.8. The number of primary amides is 1. The first-order valence-electron chi connectivity index (χ1n) is 11.1. The van der Waals surface area contributed by atoms with Crippen LogP contribution in [-0.2, 0) is 7.05 Å². The molecule has 0 spiro atoms. The minimum atomic E-state index is -0.413. The number of carbonyl (C=O) groups excluding carboxylic acids is 1. The molecular weight excluding hydrogens is 382 g/mol. The number of hydrogen-bond acceptors (Lipinski definition) is 1. The lowest BCUT2D eigenvalue weighted by atomic mass is 9.90. The second kappa shape index (κ2) is 9.42. The summed E-state index contributed by atoms with van der Waals surface area (Å²) in [5.74, 6) is 0.660. The average molecular weight is 418 g/mol. The molecule has 0 aliphatic carbocycles. The first-order valence-corrected chi connectivity index (χ1v) is 11.1. The minimum absolute atomic E-state index is 0.0938. The van der Waals surface area contributed by atoms with Gasteiger partial charge in [-0.25, -0.2) is 4.79 Å². The van der Waals surface area contributed by atoms with Gasteiger partial charge in [0.1, 0.15) is 0 Å². The van der Waals surface area contributed by atoms with Crippen LogP contribution in [0.5, 0.6) is 0 Å². The van der Waals surface area contributed by atoms with Gasteiger partial charge in [-0.15, -0.1) is 6.58 Å². The predicted molar refractivity (Wildman–Crippen MR) is 132 cm³/mol. The molecule has 0 saturated carbocycles. The number of amides is 2. The zero-order valence-corrected chi connectivity index (χ0v) is 19.4. The Morgan fingerprint density at radius 2 is 1.65 bits per heavy atom. The van der Waals surface area contributed by atoms with E-state index in [4.69, 9.17) is 5.73 Å². The van der Waals surface area contributed by atoms with E-state index in [0.29, 0.717) is 6.54 Å². The van der Waals surface area contributed by atoms with Gasteiger partial charge in [0, 0.05) is 36.6 Å². The molecule has 0 fully saturated rings. The molecule has 1 unspecified atom stereocenters. The third-order valence-corrected chi connectivity index (χ3v) is 6.10. The molecule has 2 N–H and O–H groups in total. The van der Waals surface area contributed by atoms with Crippen LogP contribution in [0.3, 0.4) is 0 Å². The Labute approximate surface area is 186 Å². The maximum atomic E-state index is 12.8. The van der Waals surface area contributed by atoms with Gasteiger partial charge in [-0.2, -0.15) is 0 Å². The number of anilines is 1. The van der Waals surface area contributed by atoms with E-state index in [9.17, 15) is 4.79 Å². The Kier molecular flexibility index (Phi) is 6.89.